The van der Waals surface area contributed by atoms with E-state index in [-0.39, 0.29) is 18.4 Å². The number of hydrogen-bond acceptors (Lipinski definition) is 5. The maximum atomic E-state index is 12.1. The third-order valence-electron chi connectivity index (χ3n) is 3.14. The van der Waals surface area contributed by atoms with Crippen molar-refractivity contribution in [3.8, 4) is 0 Å². The van der Waals surface area contributed by atoms with Crippen LogP contribution in [-0.4, -0.2) is 51.3 Å². The van der Waals surface area contributed by atoms with Crippen molar-refractivity contribution in [2.75, 3.05) is 33.9 Å². The predicted octanol–water partition coefficient (Wildman–Crippen LogP) is -0.320. The van der Waals surface area contributed by atoms with Gasteiger partial charge in [0, 0.05) is 13.7 Å². The number of piperidine rings is 1. The number of ether oxygens (including phenoxy) is 2. The van der Waals surface area contributed by atoms with Crippen molar-refractivity contribution in [1.29, 1.82) is 0 Å². The van der Waals surface area contributed by atoms with Crippen molar-refractivity contribution in [2.24, 2.45) is 5.92 Å². The average Bonchev–Trinajstić information content (AvgIpc) is 2.39. The first kappa shape index (κ1) is 14.9. The summed E-state index contributed by atoms with van der Waals surface area (Å²) in [5, 5.41) is 5.90. The Balaban J connectivity index is 2.64. The summed E-state index contributed by atoms with van der Waals surface area (Å²) in [5.41, 5.74) is -1.13. The molecule has 18 heavy (non-hydrogen) atoms. The van der Waals surface area contributed by atoms with Crippen molar-refractivity contribution in [2.45, 2.75) is 25.3 Å². The molecule has 6 nitrogen and oxygen atoms in total. The van der Waals surface area contributed by atoms with Crippen LogP contribution >= 0.6 is 0 Å². The lowest BCUT2D eigenvalue weighted by molar-refractivity contribution is -0.153. The highest BCUT2D eigenvalue weighted by atomic mass is 16.5. The van der Waals surface area contributed by atoms with Gasteiger partial charge in [0.15, 0.2) is 5.54 Å². The first-order valence-corrected chi connectivity index (χ1v) is 6.13. The van der Waals surface area contributed by atoms with Crippen molar-refractivity contribution in [1.82, 2.24) is 10.6 Å². The summed E-state index contributed by atoms with van der Waals surface area (Å²) >= 11 is 0. The van der Waals surface area contributed by atoms with E-state index in [0.717, 1.165) is 19.4 Å². The van der Waals surface area contributed by atoms with E-state index >= 15 is 0 Å². The molecule has 1 aliphatic rings. The van der Waals surface area contributed by atoms with E-state index in [1.54, 1.807) is 6.92 Å². The van der Waals surface area contributed by atoms with Crippen molar-refractivity contribution in [3.63, 3.8) is 0 Å². The van der Waals surface area contributed by atoms with Gasteiger partial charge in [-0.3, -0.25) is 4.79 Å². The molecule has 1 fully saturated rings. The van der Waals surface area contributed by atoms with Gasteiger partial charge in [0.1, 0.15) is 0 Å². The van der Waals surface area contributed by atoms with E-state index in [2.05, 4.69) is 10.6 Å². The maximum absolute atomic E-state index is 12.1. The van der Waals surface area contributed by atoms with Crippen LogP contribution < -0.4 is 10.6 Å². The molecule has 0 saturated carbocycles. The monoisotopic (exact) mass is 258 g/mol. The zero-order valence-corrected chi connectivity index (χ0v) is 11.2. The molecule has 1 amide bonds. The summed E-state index contributed by atoms with van der Waals surface area (Å²) in [4.78, 5) is 23.8. The number of amides is 1. The van der Waals surface area contributed by atoms with Gasteiger partial charge in [-0.2, -0.15) is 0 Å². The molecule has 2 N–H and O–H groups in total. The summed E-state index contributed by atoms with van der Waals surface area (Å²) in [6.07, 6.45) is 1.81. The number of carbonyl (C=O) groups is 2. The van der Waals surface area contributed by atoms with Gasteiger partial charge < -0.3 is 20.1 Å². The van der Waals surface area contributed by atoms with E-state index in [1.807, 2.05) is 0 Å². The van der Waals surface area contributed by atoms with Gasteiger partial charge >= 0.3 is 5.97 Å². The van der Waals surface area contributed by atoms with Gasteiger partial charge in [-0.25, -0.2) is 4.79 Å². The Morgan fingerprint density at radius 1 is 1.44 bits per heavy atom. The Hall–Kier alpha value is -1.14. The molecular weight excluding hydrogens is 236 g/mol. The molecule has 0 spiro atoms. The van der Waals surface area contributed by atoms with Gasteiger partial charge in [0.25, 0.3) is 0 Å². The van der Waals surface area contributed by atoms with Crippen molar-refractivity contribution >= 4 is 11.9 Å². The third-order valence-corrected chi connectivity index (χ3v) is 3.14. The highest BCUT2D eigenvalue weighted by molar-refractivity contribution is 5.89. The van der Waals surface area contributed by atoms with Crippen LogP contribution in [0.5, 0.6) is 0 Å². The Bertz CT molecular complexity index is 302. The van der Waals surface area contributed by atoms with Crippen LogP contribution in [0.3, 0.4) is 0 Å². The molecule has 1 saturated heterocycles. The van der Waals surface area contributed by atoms with Gasteiger partial charge in [-0.1, -0.05) is 0 Å². The lowest BCUT2D eigenvalue weighted by Crippen LogP contribution is -2.58. The van der Waals surface area contributed by atoms with Gasteiger partial charge in [-0.15, -0.1) is 0 Å². The second kappa shape index (κ2) is 6.70. The van der Waals surface area contributed by atoms with Gasteiger partial charge in [0.05, 0.1) is 19.6 Å². The number of hydrogen-bond donors (Lipinski definition) is 2. The van der Waals surface area contributed by atoms with Crippen LogP contribution in [0.25, 0.3) is 0 Å². The Morgan fingerprint density at radius 3 is 2.67 bits per heavy atom. The largest absolute Gasteiger partial charge is 0.467 e. The zero-order valence-electron chi connectivity index (χ0n) is 11.2. The second-order valence-corrected chi connectivity index (χ2v) is 4.79. The first-order valence-electron chi connectivity index (χ1n) is 6.13. The standard InChI is InChI=1S/C12H22N2O4/c1-12(8-17-2,11(16)18-3)14-10(15)9-5-4-6-13-7-9/h9,13H,4-8H2,1-3H3,(H,14,15). The summed E-state index contributed by atoms with van der Waals surface area (Å²) in [5.74, 6) is -0.729. The Morgan fingerprint density at radius 2 is 2.17 bits per heavy atom. The summed E-state index contributed by atoms with van der Waals surface area (Å²) in [7, 11) is 2.78. The normalized spacial score (nSPS) is 22.9. The first-order chi connectivity index (χ1) is 8.53. The molecule has 2 unspecified atom stereocenters. The third kappa shape index (κ3) is 3.68. The number of methoxy groups -OCH3 is 2. The quantitative estimate of drug-likeness (QED) is 0.661. The van der Waals surface area contributed by atoms with Crippen LogP contribution in [0.2, 0.25) is 0 Å². The number of carbonyl (C=O) groups excluding carboxylic acids is 2. The Kier molecular flexibility index (Phi) is 5.55. The summed E-state index contributed by atoms with van der Waals surface area (Å²) in [6.45, 7) is 3.29. The SMILES string of the molecule is COCC(C)(NC(=O)C1CCCNC1)C(=O)OC. The van der Waals surface area contributed by atoms with Crippen LogP contribution in [-0.2, 0) is 19.1 Å². The van der Waals surface area contributed by atoms with E-state index in [1.165, 1.54) is 14.2 Å². The minimum Gasteiger partial charge on any atom is -0.467 e. The molecule has 0 aromatic heterocycles. The molecule has 0 aliphatic carbocycles. The van der Waals surface area contributed by atoms with Gasteiger partial charge in [-0.05, 0) is 26.3 Å². The molecule has 2 atom stereocenters. The van der Waals surface area contributed by atoms with Crippen LogP contribution in [0.1, 0.15) is 19.8 Å². The minimum absolute atomic E-state index is 0.0889. The summed E-state index contributed by atoms with van der Waals surface area (Å²) in [6, 6.07) is 0. The lowest BCUT2D eigenvalue weighted by Gasteiger charge is -2.30. The minimum atomic E-state index is -1.13. The highest BCUT2D eigenvalue weighted by Gasteiger charge is 2.38. The molecule has 0 aromatic carbocycles. The fourth-order valence-corrected chi connectivity index (χ4v) is 2.11. The molecule has 0 aromatic rings. The molecule has 104 valence electrons. The number of rotatable bonds is 5. The molecule has 6 heteroatoms. The highest BCUT2D eigenvalue weighted by Crippen LogP contribution is 2.13. The zero-order chi connectivity index (χ0) is 13.6. The second-order valence-electron chi connectivity index (χ2n) is 4.79. The van der Waals surface area contributed by atoms with E-state index in [0.29, 0.717) is 6.54 Å². The predicted molar refractivity (Wildman–Crippen MR) is 66.0 cm³/mol. The van der Waals surface area contributed by atoms with E-state index in [4.69, 9.17) is 9.47 Å². The Labute approximate surface area is 107 Å². The molecule has 1 aliphatic heterocycles. The molecular formula is C12H22N2O4. The molecule has 0 radical (unpaired) electrons. The van der Waals surface area contributed by atoms with E-state index < -0.39 is 11.5 Å². The van der Waals surface area contributed by atoms with Crippen LogP contribution in [0.4, 0.5) is 0 Å². The fraction of sp³-hybridized carbons (Fsp3) is 0.833. The summed E-state index contributed by atoms with van der Waals surface area (Å²) < 4.78 is 9.69. The smallest absolute Gasteiger partial charge is 0.333 e. The fourth-order valence-electron chi connectivity index (χ4n) is 2.11. The van der Waals surface area contributed by atoms with Gasteiger partial charge in [0.2, 0.25) is 5.91 Å². The van der Waals surface area contributed by atoms with E-state index in [9.17, 15) is 9.59 Å². The van der Waals surface area contributed by atoms with Crippen LogP contribution in [0.15, 0.2) is 0 Å². The van der Waals surface area contributed by atoms with Crippen molar-refractivity contribution in [3.05, 3.63) is 0 Å². The van der Waals surface area contributed by atoms with Crippen molar-refractivity contribution < 1.29 is 19.1 Å². The molecule has 1 rings (SSSR count). The van der Waals surface area contributed by atoms with Crippen LogP contribution in [0, 0.1) is 5.92 Å². The average molecular weight is 258 g/mol. The number of nitrogens with one attached hydrogen (secondary N) is 2. The number of esters is 1. The lowest BCUT2D eigenvalue weighted by atomic mass is 9.96. The molecule has 0 bridgehead atoms. The molecule has 1 heterocycles. The topological polar surface area (TPSA) is 76.7 Å². The maximum Gasteiger partial charge on any atom is 0.333 e.